The van der Waals surface area contributed by atoms with E-state index in [0.29, 0.717) is 40.5 Å². The van der Waals surface area contributed by atoms with Crippen molar-refractivity contribution in [2.45, 2.75) is 13.5 Å². The van der Waals surface area contributed by atoms with Crippen LogP contribution in [0.1, 0.15) is 18.1 Å². The molecule has 30 heavy (non-hydrogen) atoms. The lowest BCUT2D eigenvalue weighted by molar-refractivity contribution is -0.122. The molecule has 0 spiro atoms. The Labute approximate surface area is 186 Å². The number of hydrogen-bond donors (Lipinski definition) is 0. The van der Waals surface area contributed by atoms with Crippen LogP contribution in [0.5, 0.6) is 17.2 Å². The number of carbonyl (C=O) groups is 1. The Morgan fingerprint density at radius 3 is 2.57 bits per heavy atom. The number of thioether (sulfide) groups is 1. The van der Waals surface area contributed by atoms with Crippen LogP contribution < -0.4 is 14.2 Å². The number of hydrogen-bond acceptors (Lipinski definition) is 6. The van der Waals surface area contributed by atoms with Crippen molar-refractivity contribution in [2.75, 3.05) is 20.3 Å². The van der Waals surface area contributed by atoms with E-state index in [4.69, 9.17) is 26.4 Å². The second-order valence-corrected chi connectivity index (χ2v) is 8.03. The zero-order valence-electron chi connectivity index (χ0n) is 16.9. The summed E-state index contributed by atoms with van der Waals surface area (Å²) < 4.78 is 17.0. The summed E-state index contributed by atoms with van der Waals surface area (Å²) in [6.07, 6.45) is 3.50. The number of benzene rings is 2. The average molecular weight is 442 g/mol. The van der Waals surface area contributed by atoms with E-state index >= 15 is 0 Å². The van der Waals surface area contributed by atoms with Gasteiger partial charge in [0.15, 0.2) is 11.5 Å². The highest BCUT2D eigenvalue weighted by atomic mass is 32.2. The number of nitrogens with zero attached hydrogens (tertiary/aromatic N) is 1. The van der Waals surface area contributed by atoms with E-state index in [1.54, 1.807) is 18.1 Å². The van der Waals surface area contributed by atoms with Gasteiger partial charge < -0.3 is 14.2 Å². The third kappa shape index (κ3) is 5.23. The summed E-state index contributed by atoms with van der Waals surface area (Å²) in [4.78, 5) is 15.1. The molecule has 0 N–H and O–H groups in total. The van der Waals surface area contributed by atoms with Crippen molar-refractivity contribution in [1.82, 2.24) is 4.90 Å². The first kappa shape index (κ1) is 21.9. The van der Waals surface area contributed by atoms with Gasteiger partial charge in [-0.3, -0.25) is 9.69 Å². The lowest BCUT2D eigenvalue weighted by Crippen LogP contribution is -2.27. The molecule has 156 valence electrons. The number of carbonyl (C=O) groups excluding carboxylic acids is 1. The molecule has 1 aliphatic rings. The normalized spacial score (nSPS) is 14.9. The summed E-state index contributed by atoms with van der Waals surface area (Å²) in [5.41, 5.74) is 1.82. The fraction of sp³-hybridized carbons (Fsp3) is 0.217. The van der Waals surface area contributed by atoms with E-state index in [-0.39, 0.29) is 5.91 Å². The zero-order valence-corrected chi connectivity index (χ0v) is 18.6. The molecule has 2 aromatic rings. The van der Waals surface area contributed by atoms with Crippen molar-refractivity contribution in [2.24, 2.45) is 0 Å². The van der Waals surface area contributed by atoms with Gasteiger partial charge in [0.25, 0.3) is 5.91 Å². The maximum absolute atomic E-state index is 12.9. The molecule has 1 saturated heterocycles. The van der Waals surface area contributed by atoms with Crippen LogP contribution in [0.4, 0.5) is 0 Å². The Bertz CT molecular complexity index is 970. The molecule has 1 fully saturated rings. The van der Waals surface area contributed by atoms with Crippen LogP contribution in [0.25, 0.3) is 6.08 Å². The van der Waals surface area contributed by atoms with Gasteiger partial charge in [-0.15, -0.1) is 0 Å². The molecule has 2 aromatic carbocycles. The van der Waals surface area contributed by atoms with Crippen LogP contribution in [-0.4, -0.2) is 35.5 Å². The third-order valence-electron chi connectivity index (χ3n) is 4.30. The van der Waals surface area contributed by atoms with Crippen LogP contribution in [0.15, 0.2) is 60.0 Å². The first-order valence-corrected chi connectivity index (χ1v) is 10.7. The van der Waals surface area contributed by atoms with Crippen LogP contribution in [0.3, 0.4) is 0 Å². The van der Waals surface area contributed by atoms with Gasteiger partial charge in [0.2, 0.25) is 0 Å². The highest BCUT2D eigenvalue weighted by molar-refractivity contribution is 8.26. The molecule has 0 radical (unpaired) electrons. The van der Waals surface area contributed by atoms with Crippen molar-refractivity contribution < 1.29 is 19.0 Å². The molecule has 0 aromatic heterocycles. The average Bonchev–Trinajstić information content (AvgIpc) is 3.01. The number of rotatable bonds is 9. The molecular formula is C23H23NO4S2. The first-order chi connectivity index (χ1) is 14.5. The second kappa shape index (κ2) is 10.3. The molecule has 0 aliphatic carbocycles. The van der Waals surface area contributed by atoms with E-state index in [2.05, 4.69) is 6.58 Å². The highest BCUT2D eigenvalue weighted by Crippen LogP contribution is 2.35. The van der Waals surface area contributed by atoms with Crippen LogP contribution in [0, 0.1) is 0 Å². The van der Waals surface area contributed by atoms with Gasteiger partial charge in [0.05, 0.1) is 25.2 Å². The number of amides is 1. The van der Waals surface area contributed by atoms with Gasteiger partial charge in [0, 0.05) is 0 Å². The van der Waals surface area contributed by atoms with Gasteiger partial charge in [0.1, 0.15) is 16.7 Å². The van der Waals surface area contributed by atoms with Crippen molar-refractivity contribution in [1.29, 1.82) is 0 Å². The molecule has 7 heteroatoms. The molecule has 0 atom stereocenters. The minimum atomic E-state index is -0.106. The van der Waals surface area contributed by atoms with E-state index in [1.807, 2.05) is 55.5 Å². The molecule has 0 saturated carbocycles. The van der Waals surface area contributed by atoms with Crippen molar-refractivity contribution in [3.63, 3.8) is 0 Å². The molecule has 1 amide bonds. The maximum Gasteiger partial charge on any atom is 0.266 e. The molecule has 0 bridgehead atoms. The van der Waals surface area contributed by atoms with E-state index in [0.717, 1.165) is 16.9 Å². The molecule has 1 heterocycles. The van der Waals surface area contributed by atoms with Crippen LogP contribution >= 0.6 is 24.0 Å². The van der Waals surface area contributed by atoms with E-state index in [9.17, 15) is 4.79 Å². The predicted octanol–water partition coefficient (Wildman–Crippen LogP) is 5.06. The zero-order chi connectivity index (χ0) is 21.5. The van der Waals surface area contributed by atoms with Gasteiger partial charge in [-0.25, -0.2) is 0 Å². The van der Waals surface area contributed by atoms with Gasteiger partial charge in [-0.1, -0.05) is 54.8 Å². The summed E-state index contributed by atoms with van der Waals surface area (Å²) >= 11 is 6.74. The molecule has 5 nitrogen and oxygen atoms in total. The SMILES string of the molecule is C=CCOc1ccc(/C=C2\SC(=S)N(Cc3ccc(OC)cc3)C2=O)cc1OCC. The fourth-order valence-corrected chi connectivity index (χ4v) is 4.11. The number of ether oxygens (including phenoxy) is 3. The van der Waals surface area contributed by atoms with E-state index < -0.39 is 0 Å². The largest absolute Gasteiger partial charge is 0.497 e. The third-order valence-corrected chi connectivity index (χ3v) is 5.67. The Morgan fingerprint density at radius 2 is 1.90 bits per heavy atom. The summed E-state index contributed by atoms with van der Waals surface area (Å²) in [7, 11) is 1.62. The molecular weight excluding hydrogens is 418 g/mol. The monoisotopic (exact) mass is 441 g/mol. The summed E-state index contributed by atoms with van der Waals surface area (Å²) in [5.74, 6) is 1.93. The standard InChI is InChI=1S/C23H23NO4S2/c1-4-12-28-19-11-8-17(13-20(19)27-5-2)14-21-22(25)24(23(29)30-21)15-16-6-9-18(26-3)10-7-16/h4,6-11,13-14H,1,5,12,15H2,2-3H3/b21-14-. The Kier molecular flexibility index (Phi) is 7.54. The Balaban J connectivity index is 1.78. The minimum Gasteiger partial charge on any atom is -0.497 e. The molecule has 3 rings (SSSR count). The van der Waals surface area contributed by atoms with Crippen LogP contribution in [0.2, 0.25) is 0 Å². The smallest absolute Gasteiger partial charge is 0.266 e. The molecule has 1 aliphatic heterocycles. The topological polar surface area (TPSA) is 48.0 Å². The Hall–Kier alpha value is -2.77. The second-order valence-electron chi connectivity index (χ2n) is 6.35. The first-order valence-electron chi connectivity index (χ1n) is 9.44. The highest BCUT2D eigenvalue weighted by Gasteiger charge is 2.32. The summed E-state index contributed by atoms with van der Waals surface area (Å²) in [6.45, 7) is 6.90. The summed E-state index contributed by atoms with van der Waals surface area (Å²) in [5, 5.41) is 0. The quantitative estimate of drug-likeness (QED) is 0.308. The fourth-order valence-electron chi connectivity index (χ4n) is 2.85. The summed E-state index contributed by atoms with van der Waals surface area (Å²) in [6, 6.07) is 13.2. The maximum atomic E-state index is 12.9. The van der Waals surface area contributed by atoms with Gasteiger partial charge >= 0.3 is 0 Å². The van der Waals surface area contributed by atoms with Crippen molar-refractivity contribution in [3.8, 4) is 17.2 Å². The number of thiocarbonyl (C=S) groups is 1. The number of methoxy groups -OCH3 is 1. The van der Waals surface area contributed by atoms with Gasteiger partial charge in [-0.05, 0) is 48.4 Å². The minimum absolute atomic E-state index is 0.106. The predicted molar refractivity (Wildman–Crippen MR) is 125 cm³/mol. The van der Waals surface area contributed by atoms with Gasteiger partial charge in [-0.2, -0.15) is 0 Å². The Morgan fingerprint density at radius 1 is 1.13 bits per heavy atom. The molecule has 0 unspecified atom stereocenters. The van der Waals surface area contributed by atoms with Crippen LogP contribution in [-0.2, 0) is 11.3 Å². The van der Waals surface area contributed by atoms with Crippen molar-refractivity contribution in [3.05, 3.63) is 71.2 Å². The lowest BCUT2D eigenvalue weighted by atomic mass is 10.1. The lowest BCUT2D eigenvalue weighted by Gasteiger charge is -2.14. The van der Waals surface area contributed by atoms with Crippen molar-refractivity contribution >= 4 is 40.3 Å². The van der Waals surface area contributed by atoms with E-state index in [1.165, 1.54) is 11.8 Å².